The van der Waals surface area contributed by atoms with Gasteiger partial charge in [0.25, 0.3) is 5.91 Å². The summed E-state index contributed by atoms with van der Waals surface area (Å²) in [5.41, 5.74) is 3.48. The lowest BCUT2D eigenvalue weighted by atomic mass is 10.1. The smallest absolute Gasteiger partial charge is 0.254 e. The van der Waals surface area contributed by atoms with Crippen molar-refractivity contribution in [2.75, 3.05) is 26.2 Å². The molecule has 0 aliphatic carbocycles. The van der Waals surface area contributed by atoms with Crippen LogP contribution in [-0.2, 0) is 13.1 Å². The predicted molar refractivity (Wildman–Crippen MR) is 112 cm³/mol. The average Bonchev–Trinajstić information content (AvgIpc) is 3.20. The topological polar surface area (TPSA) is 56.6 Å². The molecule has 5 heteroatoms. The first-order valence-electron chi connectivity index (χ1n) is 10.5. The molecule has 2 aliphatic heterocycles. The molecular weight excluding hydrogens is 362 g/mol. The van der Waals surface area contributed by atoms with Crippen molar-refractivity contribution in [1.82, 2.24) is 9.80 Å². The second kappa shape index (κ2) is 9.11. The Kier molecular flexibility index (Phi) is 6.12. The van der Waals surface area contributed by atoms with Gasteiger partial charge in [-0.25, -0.2) is 0 Å². The van der Waals surface area contributed by atoms with E-state index in [-0.39, 0.29) is 5.91 Å². The van der Waals surface area contributed by atoms with Crippen LogP contribution in [0.5, 0.6) is 5.75 Å². The van der Waals surface area contributed by atoms with Gasteiger partial charge < -0.3 is 14.5 Å². The largest absolute Gasteiger partial charge is 0.494 e. The zero-order chi connectivity index (χ0) is 20.1. The van der Waals surface area contributed by atoms with Crippen molar-refractivity contribution < 1.29 is 9.53 Å². The molecule has 0 unspecified atom stereocenters. The number of benzene rings is 2. The minimum absolute atomic E-state index is 0.0105. The lowest BCUT2D eigenvalue weighted by Crippen LogP contribution is -2.31. The number of rotatable bonds is 6. The molecule has 0 saturated carbocycles. The van der Waals surface area contributed by atoms with Gasteiger partial charge in [-0.05, 0) is 79.9 Å². The molecule has 1 amide bonds. The lowest BCUT2D eigenvalue weighted by molar-refractivity contribution is 0.0751. The van der Waals surface area contributed by atoms with Crippen LogP contribution in [-0.4, -0.2) is 41.9 Å². The monoisotopic (exact) mass is 389 g/mol. The first kappa shape index (κ1) is 19.5. The van der Waals surface area contributed by atoms with E-state index in [4.69, 9.17) is 10.00 Å². The third kappa shape index (κ3) is 4.78. The fraction of sp³-hybridized carbons (Fsp3) is 0.417. The van der Waals surface area contributed by atoms with Crippen molar-refractivity contribution in [1.29, 1.82) is 5.26 Å². The number of likely N-dealkylation sites (tertiary alicyclic amines) is 1. The molecular formula is C24H27N3O2. The van der Waals surface area contributed by atoms with E-state index in [0.29, 0.717) is 30.8 Å². The summed E-state index contributed by atoms with van der Waals surface area (Å²) in [7, 11) is 0. The summed E-state index contributed by atoms with van der Waals surface area (Å²) in [6.07, 6.45) is 5.02. The second-order valence-corrected chi connectivity index (χ2v) is 7.89. The normalized spacial score (nSPS) is 16.3. The van der Waals surface area contributed by atoms with Gasteiger partial charge in [0.2, 0.25) is 0 Å². The highest BCUT2D eigenvalue weighted by Crippen LogP contribution is 2.26. The molecule has 0 radical (unpaired) electrons. The number of hydrogen-bond acceptors (Lipinski definition) is 4. The summed E-state index contributed by atoms with van der Waals surface area (Å²) < 4.78 is 5.85. The van der Waals surface area contributed by atoms with Crippen LogP contribution in [0.2, 0.25) is 0 Å². The molecule has 0 atom stereocenters. The molecule has 29 heavy (non-hydrogen) atoms. The number of hydrogen-bond donors (Lipinski definition) is 0. The van der Waals surface area contributed by atoms with Gasteiger partial charge in [0.1, 0.15) is 5.75 Å². The SMILES string of the molecule is N#Cc1ccc2c(c1)CN(C(=O)c1ccc(OCCCN3CCCCC3)cc1)C2. The average molecular weight is 389 g/mol. The molecule has 2 aromatic rings. The maximum absolute atomic E-state index is 12.8. The van der Waals surface area contributed by atoms with Gasteiger partial charge >= 0.3 is 0 Å². The molecule has 4 rings (SSSR count). The Labute approximate surface area is 172 Å². The summed E-state index contributed by atoms with van der Waals surface area (Å²) in [6.45, 7) is 5.38. The first-order valence-corrected chi connectivity index (χ1v) is 10.5. The van der Waals surface area contributed by atoms with Crippen molar-refractivity contribution in [3.8, 4) is 11.8 Å². The maximum Gasteiger partial charge on any atom is 0.254 e. The third-order valence-electron chi connectivity index (χ3n) is 5.78. The lowest BCUT2D eigenvalue weighted by Gasteiger charge is -2.26. The van der Waals surface area contributed by atoms with Gasteiger partial charge in [0, 0.05) is 25.2 Å². The highest BCUT2D eigenvalue weighted by Gasteiger charge is 2.24. The van der Waals surface area contributed by atoms with Crippen molar-refractivity contribution in [3.63, 3.8) is 0 Å². The summed E-state index contributed by atoms with van der Waals surface area (Å²) in [4.78, 5) is 17.2. The van der Waals surface area contributed by atoms with E-state index >= 15 is 0 Å². The Hall–Kier alpha value is -2.84. The molecule has 0 spiro atoms. The highest BCUT2D eigenvalue weighted by molar-refractivity contribution is 5.94. The molecule has 2 heterocycles. The van der Waals surface area contributed by atoms with E-state index in [1.165, 1.54) is 32.4 Å². The van der Waals surface area contributed by atoms with E-state index in [1.807, 2.05) is 47.4 Å². The molecule has 0 N–H and O–H groups in total. The molecule has 2 aliphatic rings. The van der Waals surface area contributed by atoms with Crippen molar-refractivity contribution in [3.05, 3.63) is 64.7 Å². The Morgan fingerprint density at radius 3 is 2.52 bits per heavy atom. The summed E-state index contributed by atoms with van der Waals surface area (Å²) in [5, 5.41) is 9.05. The number of nitriles is 1. The number of piperidine rings is 1. The van der Waals surface area contributed by atoms with Crippen LogP contribution in [0.1, 0.15) is 52.7 Å². The summed E-state index contributed by atoms with van der Waals surface area (Å²) in [6, 6.07) is 15.2. The highest BCUT2D eigenvalue weighted by atomic mass is 16.5. The number of ether oxygens (including phenoxy) is 1. The molecule has 0 aromatic heterocycles. The second-order valence-electron chi connectivity index (χ2n) is 7.89. The van der Waals surface area contributed by atoms with Gasteiger partial charge in [-0.1, -0.05) is 12.5 Å². The number of carbonyl (C=O) groups excluding carboxylic acids is 1. The van der Waals surface area contributed by atoms with Crippen LogP contribution in [0.25, 0.3) is 0 Å². The molecule has 0 bridgehead atoms. The van der Waals surface area contributed by atoms with Gasteiger partial charge in [-0.15, -0.1) is 0 Å². The fourth-order valence-electron chi connectivity index (χ4n) is 4.15. The van der Waals surface area contributed by atoms with E-state index in [2.05, 4.69) is 11.0 Å². The number of fused-ring (bicyclic) bond motifs is 1. The van der Waals surface area contributed by atoms with Crippen molar-refractivity contribution >= 4 is 5.91 Å². The molecule has 2 aromatic carbocycles. The van der Waals surface area contributed by atoms with Gasteiger partial charge in [-0.2, -0.15) is 5.26 Å². The van der Waals surface area contributed by atoms with Crippen LogP contribution in [0, 0.1) is 11.3 Å². The number of amides is 1. The standard InChI is InChI=1S/C24H27N3O2/c25-16-19-5-6-21-17-27(18-22(21)15-19)24(28)20-7-9-23(10-8-20)29-14-4-13-26-11-2-1-3-12-26/h5-10,15H,1-4,11-14,17-18H2. The van der Waals surface area contributed by atoms with E-state index in [9.17, 15) is 4.79 Å². The Balaban J connectivity index is 1.26. The fourth-order valence-corrected chi connectivity index (χ4v) is 4.15. The first-order chi connectivity index (χ1) is 14.2. The van der Waals surface area contributed by atoms with Crippen LogP contribution >= 0.6 is 0 Å². The van der Waals surface area contributed by atoms with E-state index in [1.54, 1.807) is 0 Å². The minimum Gasteiger partial charge on any atom is -0.494 e. The molecule has 1 fully saturated rings. The number of nitrogens with zero attached hydrogens (tertiary/aromatic N) is 3. The van der Waals surface area contributed by atoms with Gasteiger partial charge in [-0.3, -0.25) is 4.79 Å². The van der Waals surface area contributed by atoms with Gasteiger partial charge in [0.15, 0.2) is 0 Å². The molecule has 5 nitrogen and oxygen atoms in total. The zero-order valence-electron chi connectivity index (χ0n) is 16.8. The minimum atomic E-state index is 0.0105. The van der Waals surface area contributed by atoms with Gasteiger partial charge in [0.05, 0.1) is 18.2 Å². The molecule has 1 saturated heterocycles. The van der Waals surface area contributed by atoms with E-state index < -0.39 is 0 Å². The van der Waals surface area contributed by atoms with Crippen LogP contribution in [0.15, 0.2) is 42.5 Å². The van der Waals surface area contributed by atoms with Crippen LogP contribution in [0.3, 0.4) is 0 Å². The Morgan fingerprint density at radius 1 is 1.00 bits per heavy atom. The van der Waals surface area contributed by atoms with Crippen LogP contribution in [0.4, 0.5) is 0 Å². The number of carbonyl (C=O) groups is 1. The predicted octanol–water partition coefficient (Wildman–Crippen LogP) is 3.97. The quantitative estimate of drug-likeness (QED) is 0.702. The third-order valence-corrected chi connectivity index (χ3v) is 5.78. The maximum atomic E-state index is 12.8. The van der Waals surface area contributed by atoms with Crippen molar-refractivity contribution in [2.24, 2.45) is 0 Å². The summed E-state index contributed by atoms with van der Waals surface area (Å²) in [5.74, 6) is 0.819. The van der Waals surface area contributed by atoms with Crippen LogP contribution < -0.4 is 4.74 Å². The van der Waals surface area contributed by atoms with E-state index in [0.717, 1.165) is 29.8 Å². The summed E-state index contributed by atoms with van der Waals surface area (Å²) >= 11 is 0. The Bertz CT molecular complexity index is 895. The van der Waals surface area contributed by atoms with Crippen molar-refractivity contribution in [2.45, 2.75) is 38.8 Å². The zero-order valence-corrected chi connectivity index (χ0v) is 16.8. The Morgan fingerprint density at radius 2 is 1.76 bits per heavy atom. The molecule has 150 valence electrons.